The van der Waals surface area contributed by atoms with Crippen LogP contribution >= 0.6 is 0 Å². The van der Waals surface area contributed by atoms with Crippen molar-refractivity contribution in [3.05, 3.63) is 53.4 Å². The number of aliphatic hydroxyl groups is 1. The summed E-state index contributed by atoms with van der Waals surface area (Å²) < 4.78 is 2.04. The molecule has 7 nitrogen and oxygen atoms in total. The zero-order valence-corrected chi connectivity index (χ0v) is 19.4. The lowest BCUT2D eigenvalue weighted by Gasteiger charge is -2.38. The van der Waals surface area contributed by atoms with Crippen LogP contribution in [0.1, 0.15) is 71.4 Å². The molecule has 1 aromatic heterocycles. The van der Waals surface area contributed by atoms with Crippen LogP contribution in [-0.2, 0) is 0 Å². The summed E-state index contributed by atoms with van der Waals surface area (Å²) in [6.45, 7) is 8.33. The fourth-order valence-corrected chi connectivity index (χ4v) is 4.18. The van der Waals surface area contributed by atoms with Crippen LogP contribution < -0.4 is 5.73 Å². The molecule has 7 heteroatoms. The Labute approximate surface area is 185 Å². The lowest BCUT2D eigenvalue weighted by Crippen LogP contribution is -2.43. The van der Waals surface area contributed by atoms with E-state index in [9.17, 15) is 5.11 Å². The summed E-state index contributed by atoms with van der Waals surface area (Å²) in [5, 5.41) is 14.6. The van der Waals surface area contributed by atoms with Gasteiger partial charge in [-0.05, 0) is 39.0 Å². The van der Waals surface area contributed by atoms with Gasteiger partial charge in [0.2, 0.25) is 0 Å². The molecule has 0 radical (unpaired) electrons. The number of hydrogen-bond acceptors (Lipinski definition) is 6. The SMILES string of the molecule is CC/C=C1/C(c2cnn(C(CC)CC)c2)=NC(C(C=NC2CC(C)(O)C2)=CN)=CN1C. The van der Waals surface area contributed by atoms with Gasteiger partial charge in [-0.3, -0.25) is 9.67 Å². The van der Waals surface area contributed by atoms with Crippen molar-refractivity contribution in [1.82, 2.24) is 14.7 Å². The molecule has 168 valence electrons. The largest absolute Gasteiger partial charge is 0.404 e. The fraction of sp³-hybridized carbons (Fsp3) is 0.542. The standard InChI is InChI=1S/C24H36N6O/c1-6-9-22-23(18-14-27-30(15-18)20(7-2)8-3)28-21(16-29(22)5)17(12-25)13-26-19-10-24(4,31)11-19/h9,12-16,19-20,31H,6-8,10-11,25H2,1-5H3/b17-12?,22-9-,26-13?. The Morgan fingerprint density at radius 2 is 2.06 bits per heavy atom. The molecule has 0 atom stereocenters. The quantitative estimate of drug-likeness (QED) is 0.618. The summed E-state index contributed by atoms with van der Waals surface area (Å²) in [4.78, 5) is 11.7. The van der Waals surface area contributed by atoms with Crippen LogP contribution in [0.5, 0.6) is 0 Å². The molecule has 1 aromatic rings. The summed E-state index contributed by atoms with van der Waals surface area (Å²) in [6.07, 6.45) is 15.8. The summed E-state index contributed by atoms with van der Waals surface area (Å²) in [7, 11) is 2.02. The monoisotopic (exact) mass is 424 g/mol. The van der Waals surface area contributed by atoms with E-state index in [0.717, 1.165) is 47.5 Å². The average Bonchev–Trinajstić information content (AvgIpc) is 3.19. The van der Waals surface area contributed by atoms with Gasteiger partial charge in [0.05, 0.1) is 41.0 Å². The zero-order chi connectivity index (χ0) is 22.6. The number of aliphatic imine (C=N–C) groups is 2. The van der Waals surface area contributed by atoms with Gasteiger partial charge in [0, 0.05) is 43.0 Å². The van der Waals surface area contributed by atoms with Gasteiger partial charge >= 0.3 is 0 Å². The Balaban J connectivity index is 1.91. The molecule has 0 aromatic carbocycles. The third kappa shape index (κ3) is 5.15. The molecular weight excluding hydrogens is 388 g/mol. The second-order valence-corrected chi connectivity index (χ2v) is 8.72. The van der Waals surface area contributed by atoms with Gasteiger partial charge in [-0.2, -0.15) is 5.10 Å². The van der Waals surface area contributed by atoms with Gasteiger partial charge in [-0.1, -0.05) is 26.8 Å². The molecule has 31 heavy (non-hydrogen) atoms. The van der Waals surface area contributed by atoms with E-state index in [2.05, 4.69) is 48.0 Å². The molecule has 3 rings (SSSR count). The number of aromatic nitrogens is 2. The molecule has 1 aliphatic heterocycles. The van der Waals surface area contributed by atoms with E-state index in [-0.39, 0.29) is 6.04 Å². The van der Waals surface area contributed by atoms with Crippen molar-refractivity contribution >= 4 is 11.9 Å². The minimum absolute atomic E-state index is 0.129. The van der Waals surface area contributed by atoms with Crippen molar-refractivity contribution in [2.45, 2.75) is 77.5 Å². The summed E-state index contributed by atoms with van der Waals surface area (Å²) in [5.74, 6) is 0. The first-order valence-corrected chi connectivity index (χ1v) is 11.3. The first-order valence-electron chi connectivity index (χ1n) is 11.3. The third-order valence-electron chi connectivity index (χ3n) is 6.01. The third-order valence-corrected chi connectivity index (χ3v) is 6.01. The number of nitrogens with zero attached hydrogens (tertiary/aromatic N) is 5. The van der Waals surface area contributed by atoms with E-state index in [1.807, 2.05) is 31.1 Å². The van der Waals surface area contributed by atoms with Gasteiger partial charge in [-0.25, -0.2) is 4.99 Å². The number of allylic oxidation sites excluding steroid dienone is 3. The molecular formula is C24H36N6O. The highest BCUT2D eigenvalue weighted by molar-refractivity contribution is 6.13. The van der Waals surface area contributed by atoms with Crippen LogP contribution in [0.3, 0.4) is 0 Å². The van der Waals surface area contributed by atoms with E-state index >= 15 is 0 Å². The molecule has 1 saturated carbocycles. The Kier molecular flexibility index (Phi) is 7.15. The zero-order valence-electron chi connectivity index (χ0n) is 19.4. The van der Waals surface area contributed by atoms with Crippen LogP contribution in [0.15, 0.2) is 57.8 Å². The molecule has 0 bridgehead atoms. The first kappa shape index (κ1) is 23.0. The highest BCUT2D eigenvalue weighted by atomic mass is 16.3. The maximum Gasteiger partial charge on any atom is 0.0974 e. The molecule has 2 aliphatic rings. The number of likely N-dealkylation sites (N-methyl/N-ethyl adjacent to an activating group) is 1. The van der Waals surface area contributed by atoms with Crippen LogP contribution in [-0.4, -0.2) is 50.4 Å². The van der Waals surface area contributed by atoms with Crippen molar-refractivity contribution in [2.75, 3.05) is 7.05 Å². The van der Waals surface area contributed by atoms with E-state index in [1.165, 1.54) is 0 Å². The maximum atomic E-state index is 9.94. The van der Waals surface area contributed by atoms with Crippen molar-refractivity contribution < 1.29 is 5.11 Å². The van der Waals surface area contributed by atoms with Crippen LogP contribution in [0, 0.1) is 0 Å². The number of hydrogen-bond donors (Lipinski definition) is 2. The highest BCUT2D eigenvalue weighted by Crippen LogP contribution is 2.34. The predicted octanol–water partition coefficient (Wildman–Crippen LogP) is 3.94. The Bertz CT molecular complexity index is 922. The first-order chi connectivity index (χ1) is 14.8. The van der Waals surface area contributed by atoms with Crippen molar-refractivity contribution in [3.8, 4) is 0 Å². The average molecular weight is 425 g/mol. The van der Waals surface area contributed by atoms with E-state index in [1.54, 1.807) is 12.4 Å². The minimum atomic E-state index is -0.598. The lowest BCUT2D eigenvalue weighted by molar-refractivity contribution is -0.0278. The minimum Gasteiger partial charge on any atom is -0.404 e. The van der Waals surface area contributed by atoms with Crippen molar-refractivity contribution in [2.24, 2.45) is 15.7 Å². The predicted molar refractivity (Wildman–Crippen MR) is 127 cm³/mol. The van der Waals surface area contributed by atoms with Crippen LogP contribution in [0.4, 0.5) is 0 Å². The molecule has 0 saturated heterocycles. The second kappa shape index (κ2) is 9.64. The molecule has 0 unspecified atom stereocenters. The highest BCUT2D eigenvalue weighted by Gasteiger charge is 2.37. The summed E-state index contributed by atoms with van der Waals surface area (Å²) >= 11 is 0. The fourth-order valence-electron chi connectivity index (χ4n) is 4.18. The lowest BCUT2D eigenvalue weighted by atomic mass is 9.78. The van der Waals surface area contributed by atoms with Crippen molar-refractivity contribution in [3.63, 3.8) is 0 Å². The number of nitrogens with two attached hydrogens (primary N) is 1. The van der Waals surface area contributed by atoms with Gasteiger partial charge in [-0.15, -0.1) is 0 Å². The normalized spacial score (nSPS) is 25.9. The molecule has 1 fully saturated rings. The Hall–Kier alpha value is -2.67. The van der Waals surface area contributed by atoms with Gasteiger partial charge < -0.3 is 15.7 Å². The molecule has 0 amide bonds. The van der Waals surface area contributed by atoms with Crippen molar-refractivity contribution in [1.29, 1.82) is 0 Å². The van der Waals surface area contributed by atoms with E-state index in [0.29, 0.717) is 18.9 Å². The smallest absolute Gasteiger partial charge is 0.0974 e. The number of rotatable bonds is 8. The van der Waals surface area contributed by atoms with Crippen LogP contribution in [0.2, 0.25) is 0 Å². The van der Waals surface area contributed by atoms with Gasteiger partial charge in [0.15, 0.2) is 0 Å². The van der Waals surface area contributed by atoms with Gasteiger partial charge in [0.1, 0.15) is 0 Å². The van der Waals surface area contributed by atoms with Crippen LogP contribution in [0.25, 0.3) is 0 Å². The maximum absolute atomic E-state index is 9.94. The van der Waals surface area contributed by atoms with Gasteiger partial charge in [0.25, 0.3) is 0 Å². The Morgan fingerprint density at radius 1 is 1.35 bits per heavy atom. The summed E-state index contributed by atoms with van der Waals surface area (Å²) in [6, 6.07) is 0.514. The molecule has 0 spiro atoms. The topological polar surface area (TPSA) is 92.0 Å². The van der Waals surface area contributed by atoms with E-state index < -0.39 is 5.60 Å². The summed E-state index contributed by atoms with van der Waals surface area (Å²) in [5.41, 5.74) is 9.80. The second-order valence-electron chi connectivity index (χ2n) is 8.72. The van der Waals surface area contributed by atoms with E-state index in [4.69, 9.17) is 10.7 Å². The molecule has 2 heterocycles. The molecule has 1 aliphatic carbocycles. The Morgan fingerprint density at radius 3 is 2.65 bits per heavy atom. The molecule has 3 N–H and O–H groups in total.